The standard InChI is InChI=1S/C17H21ClN2O4/c1-2-3-4-9-20(11-13(17(23)24)10-15(20)21)19-16(22)12-5-7-14(18)8-6-12/h5-8,13H,2-4,9-11H2,1H3,(H-,19,22,23,24)/p+1/t13-,20+/m0/s1. The van der Waals surface area contributed by atoms with E-state index >= 15 is 0 Å². The molecule has 7 heteroatoms. The van der Waals surface area contributed by atoms with Crippen LogP contribution in [0.1, 0.15) is 43.0 Å². The molecule has 130 valence electrons. The Kier molecular flexibility index (Phi) is 5.96. The Morgan fingerprint density at radius 2 is 1.96 bits per heavy atom. The third kappa shape index (κ3) is 4.13. The molecule has 2 N–H and O–H groups in total. The summed E-state index contributed by atoms with van der Waals surface area (Å²) in [4.78, 5) is 36.3. The summed E-state index contributed by atoms with van der Waals surface area (Å²) in [7, 11) is 0. The first kappa shape index (κ1) is 18.4. The Bertz CT molecular complexity index is 632. The van der Waals surface area contributed by atoms with Crippen LogP contribution >= 0.6 is 11.6 Å². The van der Waals surface area contributed by atoms with Gasteiger partial charge >= 0.3 is 11.9 Å². The molecule has 1 aromatic carbocycles. The van der Waals surface area contributed by atoms with Crippen molar-refractivity contribution in [1.82, 2.24) is 5.43 Å². The number of carbonyl (C=O) groups is 3. The molecule has 0 aromatic heterocycles. The summed E-state index contributed by atoms with van der Waals surface area (Å²) >= 11 is 5.82. The monoisotopic (exact) mass is 353 g/mol. The fourth-order valence-corrected chi connectivity index (χ4v) is 3.09. The number of likely N-dealkylation sites (tertiary alicyclic amines) is 1. The van der Waals surface area contributed by atoms with Gasteiger partial charge in [-0.2, -0.15) is 10.0 Å². The normalized spacial score (nSPS) is 23.2. The molecule has 1 saturated heterocycles. The van der Waals surface area contributed by atoms with Gasteiger partial charge in [0, 0.05) is 10.6 Å². The maximum atomic E-state index is 12.5. The lowest BCUT2D eigenvalue weighted by Gasteiger charge is -2.31. The Morgan fingerprint density at radius 1 is 1.29 bits per heavy atom. The minimum Gasteiger partial charge on any atom is -0.481 e. The Labute approximate surface area is 146 Å². The maximum absolute atomic E-state index is 12.5. The zero-order chi connectivity index (χ0) is 17.7. The maximum Gasteiger partial charge on any atom is 0.339 e. The summed E-state index contributed by atoms with van der Waals surface area (Å²) in [6, 6.07) is 6.36. The van der Waals surface area contributed by atoms with Crippen molar-refractivity contribution >= 4 is 29.4 Å². The predicted octanol–water partition coefficient (Wildman–Crippen LogP) is 2.62. The molecule has 2 atom stereocenters. The van der Waals surface area contributed by atoms with Crippen molar-refractivity contribution in [2.24, 2.45) is 5.92 Å². The van der Waals surface area contributed by atoms with E-state index in [1.165, 1.54) is 0 Å². The van der Waals surface area contributed by atoms with Gasteiger partial charge in [-0.3, -0.25) is 9.59 Å². The Morgan fingerprint density at radius 3 is 2.50 bits per heavy atom. The van der Waals surface area contributed by atoms with Crippen molar-refractivity contribution in [1.29, 1.82) is 0 Å². The number of quaternary nitrogens is 1. The molecule has 1 aliphatic heterocycles. The Balaban J connectivity index is 2.19. The molecular weight excluding hydrogens is 332 g/mol. The van der Waals surface area contributed by atoms with Crippen LogP contribution in [0.3, 0.4) is 0 Å². The highest BCUT2D eigenvalue weighted by Gasteiger charge is 2.51. The fraction of sp³-hybridized carbons (Fsp3) is 0.471. The van der Waals surface area contributed by atoms with Crippen LogP contribution in [-0.2, 0) is 9.59 Å². The van der Waals surface area contributed by atoms with E-state index < -0.39 is 17.8 Å². The highest BCUT2D eigenvalue weighted by atomic mass is 35.5. The van der Waals surface area contributed by atoms with E-state index in [2.05, 4.69) is 5.43 Å². The molecule has 2 rings (SSSR count). The predicted molar refractivity (Wildman–Crippen MR) is 89.2 cm³/mol. The summed E-state index contributed by atoms with van der Waals surface area (Å²) in [5, 5.41) is 9.74. The van der Waals surface area contributed by atoms with Crippen molar-refractivity contribution in [3.63, 3.8) is 0 Å². The van der Waals surface area contributed by atoms with Gasteiger partial charge in [-0.15, -0.1) is 0 Å². The highest BCUT2D eigenvalue weighted by Crippen LogP contribution is 2.26. The van der Waals surface area contributed by atoms with Crippen molar-refractivity contribution in [2.75, 3.05) is 13.1 Å². The molecule has 24 heavy (non-hydrogen) atoms. The van der Waals surface area contributed by atoms with Crippen LogP contribution in [0.25, 0.3) is 0 Å². The average molecular weight is 354 g/mol. The van der Waals surface area contributed by atoms with Crippen molar-refractivity contribution in [3.05, 3.63) is 34.9 Å². The van der Waals surface area contributed by atoms with E-state index in [1.807, 2.05) is 6.92 Å². The number of nitrogens with one attached hydrogen (secondary N) is 1. The summed E-state index contributed by atoms with van der Waals surface area (Å²) in [6.07, 6.45) is 2.58. The largest absolute Gasteiger partial charge is 0.481 e. The minimum absolute atomic E-state index is 0.0532. The van der Waals surface area contributed by atoms with Gasteiger partial charge in [0.2, 0.25) is 0 Å². The van der Waals surface area contributed by atoms with Crippen LogP contribution in [-0.4, -0.2) is 40.6 Å². The van der Waals surface area contributed by atoms with Gasteiger partial charge in [0.25, 0.3) is 5.91 Å². The third-order valence-electron chi connectivity index (χ3n) is 4.35. The van der Waals surface area contributed by atoms with Crippen molar-refractivity contribution in [3.8, 4) is 0 Å². The lowest BCUT2D eigenvalue weighted by molar-refractivity contribution is -0.883. The molecule has 1 aromatic rings. The molecule has 2 amide bonds. The van der Waals surface area contributed by atoms with Crippen molar-refractivity contribution in [2.45, 2.75) is 32.6 Å². The molecule has 1 aliphatic rings. The number of benzene rings is 1. The number of unbranched alkanes of at least 4 members (excludes halogenated alkanes) is 2. The van der Waals surface area contributed by atoms with Crippen LogP contribution in [0.15, 0.2) is 24.3 Å². The lowest BCUT2D eigenvalue weighted by atomic mass is 10.1. The van der Waals surface area contributed by atoms with E-state index in [0.29, 0.717) is 17.1 Å². The van der Waals surface area contributed by atoms with Gasteiger partial charge in [-0.25, -0.2) is 4.79 Å². The minimum atomic E-state index is -1.00. The number of halogens is 1. The molecular formula is C17H22ClN2O4+. The molecule has 6 nitrogen and oxygen atoms in total. The van der Waals surface area contributed by atoms with E-state index in [0.717, 1.165) is 19.3 Å². The average Bonchev–Trinajstić information content (AvgIpc) is 2.85. The first-order valence-electron chi connectivity index (χ1n) is 8.09. The number of carboxylic acid groups (broad SMARTS) is 1. The lowest BCUT2D eigenvalue weighted by Crippen LogP contribution is -2.62. The quantitative estimate of drug-likeness (QED) is 0.583. The van der Waals surface area contributed by atoms with E-state index in [1.54, 1.807) is 24.3 Å². The van der Waals surface area contributed by atoms with Crippen LogP contribution < -0.4 is 5.43 Å². The van der Waals surface area contributed by atoms with Gasteiger partial charge in [-0.05, 0) is 37.1 Å². The van der Waals surface area contributed by atoms with Gasteiger partial charge < -0.3 is 5.11 Å². The van der Waals surface area contributed by atoms with Gasteiger partial charge in [0.1, 0.15) is 19.0 Å². The Hall–Kier alpha value is -1.92. The summed E-state index contributed by atoms with van der Waals surface area (Å²) < 4.78 is -0.293. The number of nitrogens with zero attached hydrogens (tertiary/aromatic N) is 1. The molecule has 0 saturated carbocycles. The second-order valence-corrected chi connectivity index (χ2v) is 6.60. The molecule has 0 radical (unpaired) electrons. The van der Waals surface area contributed by atoms with E-state index in [4.69, 9.17) is 11.6 Å². The zero-order valence-electron chi connectivity index (χ0n) is 13.6. The second-order valence-electron chi connectivity index (χ2n) is 6.16. The van der Waals surface area contributed by atoms with Crippen LogP contribution in [0.2, 0.25) is 5.02 Å². The van der Waals surface area contributed by atoms with Crippen LogP contribution in [0, 0.1) is 5.92 Å². The molecule has 0 bridgehead atoms. The fourth-order valence-electron chi connectivity index (χ4n) is 2.97. The number of hydrogen-bond donors (Lipinski definition) is 2. The smallest absolute Gasteiger partial charge is 0.339 e. The number of hydrogen-bond acceptors (Lipinski definition) is 3. The number of carboxylic acids is 1. The first-order chi connectivity index (χ1) is 11.4. The molecule has 0 unspecified atom stereocenters. The second kappa shape index (κ2) is 7.77. The van der Waals surface area contributed by atoms with E-state index in [9.17, 15) is 19.5 Å². The summed E-state index contributed by atoms with van der Waals surface area (Å²) in [5.74, 6) is -2.41. The topological polar surface area (TPSA) is 83.5 Å². The SMILES string of the molecule is CCCCC[N@@+]1(NC(=O)c2ccc(Cl)cc2)C[C@@H](C(=O)O)CC1=O. The third-order valence-corrected chi connectivity index (χ3v) is 4.60. The van der Waals surface area contributed by atoms with Gasteiger partial charge in [-0.1, -0.05) is 24.9 Å². The van der Waals surface area contributed by atoms with Crippen LogP contribution in [0.4, 0.5) is 0 Å². The molecule has 1 heterocycles. The number of amides is 2. The summed E-state index contributed by atoms with van der Waals surface area (Å²) in [6.45, 7) is 2.55. The number of rotatable bonds is 7. The highest BCUT2D eigenvalue weighted by molar-refractivity contribution is 6.30. The molecule has 1 fully saturated rings. The zero-order valence-corrected chi connectivity index (χ0v) is 14.4. The number of aliphatic carboxylic acids is 1. The van der Waals surface area contributed by atoms with E-state index in [-0.39, 0.29) is 23.5 Å². The number of carbonyl (C=O) groups excluding carboxylic acids is 2. The van der Waals surface area contributed by atoms with Gasteiger partial charge in [0.15, 0.2) is 0 Å². The summed E-state index contributed by atoms with van der Waals surface area (Å²) in [5.41, 5.74) is 3.15. The molecule has 0 aliphatic carbocycles. The van der Waals surface area contributed by atoms with Crippen LogP contribution in [0.5, 0.6) is 0 Å². The van der Waals surface area contributed by atoms with Crippen molar-refractivity contribution < 1.29 is 24.1 Å². The first-order valence-corrected chi connectivity index (χ1v) is 8.47. The molecule has 0 spiro atoms. The van der Waals surface area contributed by atoms with Gasteiger partial charge in [0.05, 0.1) is 6.42 Å².